The third kappa shape index (κ3) is 6.55. The van der Waals surface area contributed by atoms with E-state index in [-0.39, 0.29) is 5.91 Å². The van der Waals surface area contributed by atoms with E-state index in [4.69, 9.17) is 21.1 Å². The topological polar surface area (TPSA) is 59.6 Å². The van der Waals surface area contributed by atoms with Crippen LogP contribution >= 0.6 is 11.6 Å². The van der Waals surface area contributed by atoms with E-state index in [0.29, 0.717) is 31.1 Å². The molecule has 2 aromatic carbocycles. The van der Waals surface area contributed by atoms with Crippen LogP contribution in [-0.4, -0.2) is 32.7 Å². The van der Waals surface area contributed by atoms with Gasteiger partial charge in [0.05, 0.1) is 13.7 Å². The van der Waals surface area contributed by atoms with Crippen LogP contribution in [0.25, 0.3) is 0 Å². The molecule has 0 aliphatic carbocycles. The van der Waals surface area contributed by atoms with Gasteiger partial charge in [0.15, 0.2) is 0 Å². The van der Waals surface area contributed by atoms with Crippen molar-refractivity contribution < 1.29 is 14.3 Å². The molecule has 2 aromatic rings. The summed E-state index contributed by atoms with van der Waals surface area (Å²) in [6.45, 7) is 3.37. The van der Waals surface area contributed by atoms with Crippen LogP contribution in [-0.2, 0) is 4.79 Å². The van der Waals surface area contributed by atoms with Gasteiger partial charge in [-0.05, 0) is 48.9 Å². The number of nitrogens with one attached hydrogen (secondary N) is 2. The summed E-state index contributed by atoms with van der Waals surface area (Å²) in [5.74, 6) is 1.50. The first-order valence-electron chi connectivity index (χ1n) is 8.12. The summed E-state index contributed by atoms with van der Waals surface area (Å²) in [6.07, 6.45) is 0.383. The molecule has 0 aromatic heterocycles. The SMILES string of the molecule is COc1ccc(OCCNC(=O)CCNc2ccc(C)c(Cl)c2)cc1. The first kappa shape index (κ1) is 18.9. The van der Waals surface area contributed by atoms with Gasteiger partial charge in [0.25, 0.3) is 0 Å². The summed E-state index contributed by atoms with van der Waals surface area (Å²) >= 11 is 6.07. The zero-order chi connectivity index (χ0) is 18.1. The molecule has 0 unspecified atom stereocenters. The summed E-state index contributed by atoms with van der Waals surface area (Å²) in [4.78, 5) is 11.8. The van der Waals surface area contributed by atoms with Crippen molar-refractivity contribution in [3.63, 3.8) is 0 Å². The Morgan fingerprint density at radius 2 is 1.80 bits per heavy atom. The molecule has 0 saturated heterocycles. The number of carbonyl (C=O) groups excluding carboxylic acids is 1. The van der Waals surface area contributed by atoms with Gasteiger partial charge in [-0.25, -0.2) is 0 Å². The van der Waals surface area contributed by atoms with Crippen LogP contribution in [0, 0.1) is 6.92 Å². The average Bonchev–Trinajstić information content (AvgIpc) is 2.62. The zero-order valence-corrected chi connectivity index (χ0v) is 15.2. The zero-order valence-electron chi connectivity index (χ0n) is 14.5. The lowest BCUT2D eigenvalue weighted by Crippen LogP contribution is -2.29. The Bertz CT molecular complexity index is 690. The van der Waals surface area contributed by atoms with Crippen molar-refractivity contribution in [1.29, 1.82) is 0 Å². The lowest BCUT2D eigenvalue weighted by atomic mass is 10.2. The smallest absolute Gasteiger partial charge is 0.221 e. The minimum absolute atomic E-state index is 0.0240. The van der Waals surface area contributed by atoms with E-state index in [1.54, 1.807) is 7.11 Å². The molecule has 0 radical (unpaired) electrons. The number of hydrogen-bond donors (Lipinski definition) is 2. The maximum Gasteiger partial charge on any atom is 0.221 e. The van der Waals surface area contributed by atoms with E-state index in [1.807, 2.05) is 49.4 Å². The number of hydrogen-bond acceptors (Lipinski definition) is 4. The minimum Gasteiger partial charge on any atom is -0.497 e. The first-order chi connectivity index (χ1) is 12.1. The Morgan fingerprint density at radius 3 is 2.48 bits per heavy atom. The highest BCUT2D eigenvalue weighted by molar-refractivity contribution is 6.31. The fourth-order valence-electron chi connectivity index (χ4n) is 2.14. The molecule has 2 rings (SSSR count). The molecule has 0 spiro atoms. The van der Waals surface area contributed by atoms with Crippen molar-refractivity contribution in [3.8, 4) is 11.5 Å². The van der Waals surface area contributed by atoms with Gasteiger partial charge in [-0.2, -0.15) is 0 Å². The summed E-state index contributed by atoms with van der Waals surface area (Å²) in [5, 5.41) is 6.72. The third-order valence-electron chi connectivity index (χ3n) is 3.61. The molecule has 0 aliphatic rings. The van der Waals surface area contributed by atoms with Crippen molar-refractivity contribution in [2.75, 3.05) is 32.1 Å². The van der Waals surface area contributed by atoms with Gasteiger partial charge in [0.2, 0.25) is 5.91 Å². The predicted molar refractivity (Wildman–Crippen MR) is 101 cm³/mol. The molecule has 25 heavy (non-hydrogen) atoms. The number of rotatable bonds is 9. The van der Waals surface area contributed by atoms with Crippen LogP contribution in [0.1, 0.15) is 12.0 Å². The molecule has 0 fully saturated rings. The predicted octanol–water partition coefficient (Wildman–Crippen LogP) is 3.65. The average molecular weight is 363 g/mol. The lowest BCUT2D eigenvalue weighted by molar-refractivity contribution is -0.120. The number of halogens is 1. The molecule has 5 nitrogen and oxygen atoms in total. The Morgan fingerprint density at radius 1 is 1.08 bits per heavy atom. The van der Waals surface area contributed by atoms with Gasteiger partial charge < -0.3 is 20.1 Å². The first-order valence-corrected chi connectivity index (χ1v) is 8.50. The lowest BCUT2D eigenvalue weighted by Gasteiger charge is -2.10. The van der Waals surface area contributed by atoms with Crippen LogP contribution in [0.15, 0.2) is 42.5 Å². The van der Waals surface area contributed by atoms with Crippen molar-refractivity contribution in [2.24, 2.45) is 0 Å². The van der Waals surface area contributed by atoms with Crippen LogP contribution in [0.2, 0.25) is 5.02 Å². The van der Waals surface area contributed by atoms with E-state index in [2.05, 4.69) is 10.6 Å². The largest absolute Gasteiger partial charge is 0.497 e. The normalized spacial score (nSPS) is 10.2. The van der Waals surface area contributed by atoms with E-state index in [1.165, 1.54) is 0 Å². The second kappa shape index (κ2) is 9.79. The van der Waals surface area contributed by atoms with Crippen LogP contribution < -0.4 is 20.1 Å². The highest BCUT2D eigenvalue weighted by atomic mass is 35.5. The maximum absolute atomic E-state index is 11.8. The van der Waals surface area contributed by atoms with E-state index in [9.17, 15) is 4.79 Å². The molecule has 0 aliphatic heterocycles. The number of amides is 1. The number of aryl methyl sites for hydroxylation is 1. The van der Waals surface area contributed by atoms with Crippen molar-refractivity contribution in [3.05, 3.63) is 53.1 Å². The van der Waals surface area contributed by atoms with Gasteiger partial charge in [0, 0.05) is 23.7 Å². The van der Waals surface area contributed by atoms with Gasteiger partial charge >= 0.3 is 0 Å². The van der Waals surface area contributed by atoms with Gasteiger partial charge in [0.1, 0.15) is 18.1 Å². The number of carbonyl (C=O) groups is 1. The Labute approximate surface area is 153 Å². The Balaban J connectivity index is 1.59. The monoisotopic (exact) mass is 362 g/mol. The molecule has 1 amide bonds. The van der Waals surface area contributed by atoms with E-state index >= 15 is 0 Å². The fourth-order valence-corrected chi connectivity index (χ4v) is 2.32. The number of anilines is 1. The molecule has 2 N–H and O–H groups in total. The van der Waals surface area contributed by atoms with Crippen molar-refractivity contribution in [2.45, 2.75) is 13.3 Å². The Kier molecular flexibility index (Phi) is 7.41. The third-order valence-corrected chi connectivity index (χ3v) is 4.01. The molecule has 134 valence electrons. The second-order valence-electron chi connectivity index (χ2n) is 5.51. The molecule has 0 bridgehead atoms. The van der Waals surface area contributed by atoms with Gasteiger partial charge in [-0.15, -0.1) is 0 Å². The molecule has 0 atom stereocenters. The highest BCUT2D eigenvalue weighted by Crippen LogP contribution is 2.19. The fraction of sp³-hybridized carbons (Fsp3) is 0.316. The maximum atomic E-state index is 11.8. The second-order valence-corrected chi connectivity index (χ2v) is 5.92. The van der Waals surface area contributed by atoms with Crippen LogP contribution in [0.5, 0.6) is 11.5 Å². The molecule has 0 saturated carbocycles. The summed E-state index contributed by atoms with van der Waals surface area (Å²) in [5.41, 5.74) is 1.94. The van der Waals surface area contributed by atoms with Crippen molar-refractivity contribution in [1.82, 2.24) is 5.32 Å². The van der Waals surface area contributed by atoms with E-state index < -0.39 is 0 Å². The summed E-state index contributed by atoms with van der Waals surface area (Å²) in [7, 11) is 1.62. The highest BCUT2D eigenvalue weighted by Gasteiger charge is 2.02. The summed E-state index contributed by atoms with van der Waals surface area (Å²) < 4.78 is 10.6. The quantitative estimate of drug-likeness (QED) is 0.668. The van der Waals surface area contributed by atoms with Crippen molar-refractivity contribution >= 4 is 23.2 Å². The number of methoxy groups -OCH3 is 1. The molecular formula is C19H23ClN2O3. The van der Waals surface area contributed by atoms with Crippen LogP contribution in [0.4, 0.5) is 5.69 Å². The molecular weight excluding hydrogens is 340 g/mol. The van der Waals surface area contributed by atoms with Gasteiger partial charge in [-0.1, -0.05) is 17.7 Å². The van der Waals surface area contributed by atoms with E-state index in [0.717, 1.165) is 22.7 Å². The van der Waals surface area contributed by atoms with Gasteiger partial charge in [-0.3, -0.25) is 4.79 Å². The Hall–Kier alpha value is -2.40. The standard InChI is InChI=1S/C19H23ClN2O3/c1-14-3-4-15(13-18(14)20)21-10-9-19(23)22-11-12-25-17-7-5-16(24-2)6-8-17/h3-8,13,21H,9-12H2,1-2H3,(H,22,23). The minimum atomic E-state index is -0.0240. The number of ether oxygens (including phenoxy) is 2. The molecule has 0 heterocycles. The van der Waals surface area contributed by atoms with Crippen LogP contribution in [0.3, 0.4) is 0 Å². The number of benzene rings is 2. The molecule has 6 heteroatoms. The summed E-state index contributed by atoms with van der Waals surface area (Å²) in [6, 6.07) is 13.1.